The van der Waals surface area contributed by atoms with Gasteiger partial charge in [-0.3, -0.25) is 4.79 Å². The molecular formula is C16H21NO3S. The molecule has 0 saturated carbocycles. The highest BCUT2D eigenvalue weighted by molar-refractivity contribution is 7.14. The lowest BCUT2D eigenvalue weighted by Gasteiger charge is -2.09. The highest BCUT2D eigenvalue weighted by Gasteiger charge is 2.16. The molecule has 1 unspecified atom stereocenters. The Balaban J connectivity index is 1.84. The summed E-state index contributed by atoms with van der Waals surface area (Å²) in [4.78, 5) is 13.7. The minimum absolute atomic E-state index is 0.0451. The molecule has 5 heteroatoms. The Hall–Kier alpha value is -1.35. The van der Waals surface area contributed by atoms with Crippen molar-refractivity contribution in [3.8, 4) is 11.8 Å². The van der Waals surface area contributed by atoms with Crippen molar-refractivity contribution in [2.75, 3.05) is 19.8 Å². The van der Waals surface area contributed by atoms with Crippen molar-refractivity contribution in [1.29, 1.82) is 0 Å². The molecule has 1 atom stereocenters. The lowest BCUT2D eigenvalue weighted by Crippen LogP contribution is -2.26. The lowest BCUT2D eigenvalue weighted by atomic mass is 10.2. The number of carbonyl (C=O) groups is 1. The number of nitrogens with one attached hydrogen (secondary N) is 1. The minimum Gasteiger partial charge on any atom is -0.395 e. The quantitative estimate of drug-likeness (QED) is 0.819. The van der Waals surface area contributed by atoms with E-state index >= 15 is 0 Å². The second-order valence-electron chi connectivity index (χ2n) is 5.08. The van der Waals surface area contributed by atoms with Gasteiger partial charge in [0.05, 0.1) is 22.5 Å². The molecule has 2 rings (SSSR count). The standard InChI is InChI=1S/C16H21NO3S/c1-12-11-15(21-14(12)6-2-3-9-18)16(19)17-8-7-13-5-4-10-20-13/h11,13,18H,3-5,7-10H2,1H3,(H,17,19). The molecule has 4 nitrogen and oxygen atoms in total. The van der Waals surface area contributed by atoms with E-state index in [1.54, 1.807) is 0 Å². The summed E-state index contributed by atoms with van der Waals surface area (Å²) in [5.41, 5.74) is 1.01. The second-order valence-corrected chi connectivity index (χ2v) is 6.13. The van der Waals surface area contributed by atoms with Gasteiger partial charge in [-0.2, -0.15) is 0 Å². The Bertz CT molecular complexity index is 535. The molecular weight excluding hydrogens is 286 g/mol. The number of hydrogen-bond acceptors (Lipinski definition) is 4. The molecule has 1 aromatic heterocycles. The van der Waals surface area contributed by atoms with Gasteiger partial charge in [0.25, 0.3) is 5.91 Å². The van der Waals surface area contributed by atoms with Crippen LogP contribution in [0.2, 0.25) is 0 Å². The number of amides is 1. The molecule has 0 aliphatic carbocycles. The maximum Gasteiger partial charge on any atom is 0.261 e. The molecule has 21 heavy (non-hydrogen) atoms. The molecule has 0 radical (unpaired) electrons. The fraction of sp³-hybridized carbons (Fsp3) is 0.562. The van der Waals surface area contributed by atoms with Crippen molar-refractivity contribution in [2.24, 2.45) is 0 Å². The first-order chi connectivity index (χ1) is 10.2. The van der Waals surface area contributed by atoms with Crippen molar-refractivity contribution < 1.29 is 14.6 Å². The molecule has 0 spiro atoms. The Labute approximate surface area is 129 Å². The molecule has 1 aromatic rings. The SMILES string of the molecule is Cc1cc(C(=O)NCCC2CCCO2)sc1C#CCCO. The maximum atomic E-state index is 12.1. The number of aliphatic hydroxyl groups is 1. The van der Waals surface area contributed by atoms with Gasteiger partial charge in [-0.15, -0.1) is 11.3 Å². The Morgan fingerprint density at radius 3 is 3.19 bits per heavy atom. The molecule has 0 bridgehead atoms. The van der Waals surface area contributed by atoms with Crippen molar-refractivity contribution in [3.05, 3.63) is 21.4 Å². The van der Waals surface area contributed by atoms with Crippen LogP contribution in [0.1, 0.15) is 45.8 Å². The van der Waals surface area contributed by atoms with Crippen LogP contribution in [0.3, 0.4) is 0 Å². The molecule has 114 valence electrons. The first kappa shape index (κ1) is 16.0. The summed E-state index contributed by atoms with van der Waals surface area (Å²) in [5, 5.41) is 11.7. The van der Waals surface area contributed by atoms with Crippen LogP contribution in [0.4, 0.5) is 0 Å². The van der Waals surface area contributed by atoms with E-state index in [0.29, 0.717) is 23.9 Å². The van der Waals surface area contributed by atoms with Crippen LogP contribution in [0, 0.1) is 18.8 Å². The smallest absolute Gasteiger partial charge is 0.261 e. The summed E-state index contributed by atoms with van der Waals surface area (Å²) < 4.78 is 5.53. The van der Waals surface area contributed by atoms with Crippen molar-refractivity contribution in [2.45, 2.75) is 38.7 Å². The Morgan fingerprint density at radius 2 is 2.48 bits per heavy atom. The van der Waals surface area contributed by atoms with E-state index in [1.165, 1.54) is 11.3 Å². The van der Waals surface area contributed by atoms with Gasteiger partial charge in [0.15, 0.2) is 0 Å². The van der Waals surface area contributed by atoms with E-state index in [0.717, 1.165) is 36.3 Å². The van der Waals surface area contributed by atoms with Gasteiger partial charge < -0.3 is 15.2 Å². The van der Waals surface area contributed by atoms with E-state index in [9.17, 15) is 4.79 Å². The van der Waals surface area contributed by atoms with Crippen molar-refractivity contribution >= 4 is 17.2 Å². The van der Waals surface area contributed by atoms with Gasteiger partial charge in [0, 0.05) is 19.6 Å². The number of ether oxygens (including phenoxy) is 1. The average Bonchev–Trinajstić information content (AvgIpc) is 3.09. The van der Waals surface area contributed by atoms with Gasteiger partial charge in [-0.25, -0.2) is 0 Å². The summed E-state index contributed by atoms with van der Waals surface area (Å²) in [6.07, 6.45) is 3.85. The predicted octanol–water partition coefficient (Wildman–Crippen LogP) is 2.09. The first-order valence-electron chi connectivity index (χ1n) is 7.30. The number of aryl methyl sites for hydroxylation is 1. The van der Waals surface area contributed by atoms with Crippen LogP contribution in [-0.2, 0) is 4.74 Å². The fourth-order valence-electron chi connectivity index (χ4n) is 2.22. The van der Waals surface area contributed by atoms with Crippen LogP contribution < -0.4 is 5.32 Å². The highest BCUT2D eigenvalue weighted by atomic mass is 32.1. The number of rotatable bonds is 5. The predicted molar refractivity (Wildman–Crippen MR) is 83.6 cm³/mol. The van der Waals surface area contributed by atoms with Gasteiger partial charge in [0.2, 0.25) is 0 Å². The Morgan fingerprint density at radius 1 is 1.62 bits per heavy atom. The van der Waals surface area contributed by atoms with Gasteiger partial charge in [0.1, 0.15) is 0 Å². The lowest BCUT2D eigenvalue weighted by molar-refractivity contribution is 0.0910. The number of thiophene rings is 1. The van der Waals surface area contributed by atoms with Crippen LogP contribution in [-0.4, -0.2) is 36.9 Å². The molecule has 1 saturated heterocycles. The number of aliphatic hydroxyl groups excluding tert-OH is 1. The Kier molecular flexibility index (Phi) is 6.24. The number of carbonyl (C=O) groups excluding carboxylic acids is 1. The summed E-state index contributed by atoms with van der Waals surface area (Å²) in [6, 6.07) is 1.87. The molecule has 0 aromatic carbocycles. The third kappa shape index (κ3) is 4.85. The zero-order valence-electron chi connectivity index (χ0n) is 12.3. The summed E-state index contributed by atoms with van der Waals surface area (Å²) >= 11 is 1.40. The zero-order chi connectivity index (χ0) is 15.1. The fourth-order valence-corrected chi connectivity index (χ4v) is 3.19. The maximum absolute atomic E-state index is 12.1. The molecule has 1 fully saturated rings. The van der Waals surface area contributed by atoms with E-state index in [-0.39, 0.29) is 12.5 Å². The third-order valence-corrected chi connectivity index (χ3v) is 4.51. The monoisotopic (exact) mass is 307 g/mol. The molecule has 2 heterocycles. The topological polar surface area (TPSA) is 58.6 Å². The number of hydrogen-bond donors (Lipinski definition) is 2. The largest absolute Gasteiger partial charge is 0.395 e. The molecule has 1 aliphatic rings. The molecule has 1 amide bonds. The van der Waals surface area contributed by atoms with E-state index in [2.05, 4.69) is 17.2 Å². The minimum atomic E-state index is -0.0451. The van der Waals surface area contributed by atoms with E-state index in [1.807, 2.05) is 13.0 Å². The first-order valence-corrected chi connectivity index (χ1v) is 8.12. The van der Waals surface area contributed by atoms with Crippen LogP contribution in [0.5, 0.6) is 0 Å². The van der Waals surface area contributed by atoms with Gasteiger partial charge >= 0.3 is 0 Å². The van der Waals surface area contributed by atoms with Gasteiger partial charge in [-0.1, -0.05) is 11.8 Å². The van der Waals surface area contributed by atoms with E-state index in [4.69, 9.17) is 9.84 Å². The van der Waals surface area contributed by atoms with E-state index < -0.39 is 0 Å². The molecule has 1 aliphatic heterocycles. The normalized spacial score (nSPS) is 17.3. The average molecular weight is 307 g/mol. The zero-order valence-corrected chi connectivity index (χ0v) is 13.1. The van der Waals surface area contributed by atoms with Crippen LogP contribution in [0.25, 0.3) is 0 Å². The molecule has 2 N–H and O–H groups in total. The third-order valence-electron chi connectivity index (χ3n) is 3.36. The highest BCUT2D eigenvalue weighted by Crippen LogP contribution is 2.21. The van der Waals surface area contributed by atoms with Crippen molar-refractivity contribution in [3.63, 3.8) is 0 Å². The van der Waals surface area contributed by atoms with Crippen LogP contribution in [0.15, 0.2) is 6.07 Å². The van der Waals surface area contributed by atoms with Gasteiger partial charge in [-0.05, 0) is 37.8 Å². The second kappa shape index (κ2) is 8.18. The summed E-state index contributed by atoms with van der Waals surface area (Å²) in [5.74, 6) is 5.84. The summed E-state index contributed by atoms with van der Waals surface area (Å²) in [6.45, 7) is 3.50. The van der Waals surface area contributed by atoms with Crippen LogP contribution >= 0.6 is 11.3 Å². The summed E-state index contributed by atoms with van der Waals surface area (Å²) in [7, 11) is 0. The van der Waals surface area contributed by atoms with Crippen molar-refractivity contribution in [1.82, 2.24) is 5.32 Å².